The first-order valence-electron chi connectivity index (χ1n) is 7.10. The Balaban J connectivity index is 2.41. The summed E-state index contributed by atoms with van der Waals surface area (Å²) in [5.41, 5.74) is 0.888. The van der Waals surface area contributed by atoms with Crippen molar-refractivity contribution in [3.8, 4) is 0 Å². The molecule has 2 rings (SSSR count). The van der Waals surface area contributed by atoms with Crippen LogP contribution in [-0.2, 0) is 4.79 Å². The average Bonchev–Trinajstić information content (AvgIpc) is 2.48. The van der Waals surface area contributed by atoms with Gasteiger partial charge < -0.3 is 5.32 Å². The highest BCUT2D eigenvalue weighted by molar-refractivity contribution is 9.10. The minimum Gasteiger partial charge on any atom is -0.325 e. The molecule has 0 saturated carbocycles. The van der Waals surface area contributed by atoms with Gasteiger partial charge in [0.25, 0.3) is 0 Å². The topological polar surface area (TPSA) is 46.2 Å². The molecular weight excluding hydrogens is 378 g/mol. The summed E-state index contributed by atoms with van der Waals surface area (Å²) >= 11 is 9.23. The van der Waals surface area contributed by atoms with E-state index in [1.54, 1.807) is 42.5 Å². The van der Waals surface area contributed by atoms with Crippen molar-refractivity contribution in [1.29, 1.82) is 0 Å². The lowest BCUT2D eigenvalue weighted by atomic mass is 9.95. The van der Waals surface area contributed by atoms with Crippen LogP contribution in [0.3, 0.4) is 0 Å². The van der Waals surface area contributed by atoms with Gasteiger partial charge in [-0.15, -0.1) is 0 Å². The van der Waals surface area contributed by atoms with Crippen molar-refractivity contribution < 1.29 is 9.59 Å². The molecule has 0 saturated heterocycles. The molecule has 0 atom stereocenters. The molecule has 23 heavy (non-hydrogen) atoms. The van der Waals surface area contributed by atoms with Crippen molar-refractivity contribution in [3.63, 3.8) is 0 Å². The molecule has 0 aliphatic carbocycles. The minimum absolute atomic E-state index is 0.148. The number of nitrogens with one attached hydrogen (secondary N) is 1. The van der Waals surface area contributed by atoms with Crippen molar-refractivity contribution >= 4 is 44.9 Å². The zero-order valence-corrected chi connectivity index (χ0v) is 15.5. The van der Waals surface area contributed by atoms with Gasteiger partial charge in [0.15, 0.2) is 5.78 Å². The third kappa shape index (κ3) is 4.43. The van der Waals surface area contributed by atoms with E-state index in [0.717, 1.165) is 4.47 Å². The number of hydrogen-bond donors (Lipinski definition) is 1. The van der Waals surface area contributed by atoms with Crippen molar-refractivity contribution in [2.75, 3.05) is 5.32 Å². The zero-order valence-electron chi connectivity index (χ0n) is 13.1. The Hall–Kier alpha value is -1.65. The molecule has 0 heterocycles. The van der Waals surface area contributed by atoms with Gasteiger partial charge in [0, 0.05) is 26.0 Å². The van der Waals surface area contributed by atoms with E-state index in [-0.39, 0.29) is 11.7 Å². The van der Waals surface area contributed by atoms with E-state index in [1.807, 2.05) is 20.8 Å². The first-order valence-corrected chi connectivity index (χ1v) is 8.27. The minimum atomic E-state index is -0.548. The monoisotopic (exact) mass is 393 g/mol. The van der Waals surface area contributed by atoms with E-state index in [4.69, 9.17) is 11.6 Å². The average molecular weight is 395 g/mol. The number of anilines is 1. The Bertz CT molecular complexity index is 749. The van der Waals surface area contributed by atoms with Crippen LogP contribution < -0.4 is 5.32 Å². The van der Waals surface area contributed by atoms with E-state index < -0.39 is 5.41 Å². The van der Waals surface area contributed by atoms with Gasteiger partial charge in [-0.05, 0) is 42.5 Å². The van der Waals surface area contributed by atoms with Crippen LogP contribution in [0.15, 0.2) is 46.9 Å². The number of rotatable bonds is 3. The van der Waals surface area contributed by atoms with Crippen molar-refractivity contribution in [2.45, 2.75) is 20.8 Å². The molecule has 0 bridgehead atoms. The van der Waals surface area contributed by atoms with Gasteiger partial charge >= 0.3 is 0 Å². The van der Waals surface area contributed by atoms with Crippen LogP contribution in [0.5, 0.6) is 0 Å². The SMILES string of the molecule is CC(C)(C)C(=O)Nc1ccc(Br)cc1C(=O)c1ccc(Cl)cc1. The summed E-state index contributed by atoms with van der Waals surface area (Å²) in [6.45, 7) is 5.46. The Morgan fingerprint density at radius 3 is 2.22 bits per heavy atom. The molecule has 0 fully saturated rings. The fourth-order valence-electron chi connectivity index (χ4n) is 1.88. The first-order chi connectivity index (χ1) is 10.7. The number of carbonyl (C=O) groups is 2. The normalized spacial score (nSPS) is 11.2. The molecule has 2 aromatic rings. The van der Waals surface area contributed by atoms with Crippen molar-refractivity contribution in [3.05, 3.63) is 63.1 Å². The highest BCUT2D eigenvalue weighted by Crippen LogP contribution is 2.26. The molecule has 1 amide bonds. The predicted octanol–water partition coefficient (Wildman–Crippen LogP) is 5.32. The maximum absolute atomic E-state index is 12.7. The molecule has 0 aliphatic heterocycles. The molecule has 0 unspecified atom stereocenters. The van der Waals surface area contributed by atoms with Gasteiger partial charge in [-0.2, -0.15) is 0 Å². The highest BCUT2D eigenvalue weighted by atomic mass is 79.9. The first kappa shape index (κ1) is 17.7. The second-order valence-electron chi connectivity index (χ2n) is 6.23. The number of benzene rings is 2. The number of halogens is 2. The van der Waals surface area contributed by atoms with Gasteiger partial charge in [-0.1, -0.05) is 48.3 Å². The summed E-state index contributed by atoms with van der Waals surface area (Å²) in [6, 6.07) is 11.9. The molecule has 120 valence electrons. The van der Waals surface area contributed by atoms with Gasteiger partial charge in [0.05, 0.1) is 5.69 Å². The molecule has 3 nitrogen and oxygen atoms in total. The van der Waals surface area contributed by atoms with E-state index in [2.05, 4.69) is 21.2 Å². The van der Waals surface area contributed by atoms with Crippen LogP contribution in [0, 0.1) is 5.41 Å². The highest BCUT2D eigenvalue weighted by Gasteiger charge is 2.23. The second kappa shape index (κ2) is 6.85. The fourth-order valence-corrected chi connectivity index (χ4v) is 2.37. The van der Waals surface area contributed by atoms with Crippen LogP contribution in [0.25, 0.3) is 0 Å². The Labute approximate surface area is 149 Å². The maximum Gasteiger partial charge on any atom is 0.229 e. The Kier molecular flexibility index (Phi) is 5.27. The van der Waals surface area contributed by atoms with Crippen LogP contribution in [-0.4, -0.2) is 11.7 Å². The number of hydrogen-bond acceptors (Lipinski definition) is 2. The van der Waals surface area contributed by atoms with Crippen LogP contribution in [0.4, 0.5) is 5.69 Å². The summed E-state index contributed by atoms with van der Waals surface area (Å²) in [6.07, 6.45) is 0. The molecule has 0 aliphatic rings. The van der Waals surface area contributed by atoms with E-state index >= 15 is 0 Å². The van der Waals surface area contributed by atoms with Gasteiger partial charge in [-0.3, -0.25) is 9.59 Å². The summed E-state index contributed by atoms with van der Waals surface area (Å²) < 4.78 is 0.767. The Morgan fingerprint density at radius 1 is 1.04 bits per heavy atom. The largest absolute Gasteiger partial charge is 0.325 e. The summed E-state index contributed by atoms with van der Waals surface area (Å²) in [5.74, 6) is -0.322. The molecule has 2 aromatic carbocycles. The molecule has 5 heteroatoms. The number of amides is 1. The lowest BCUT2D eigenvalue weighted by Crippen LogP contribution is -2.28. The maximum atomic E-state index is 12.7. The van der Waals surface area contributed by atoms with Gasteiger partial charge in [0.2, 0.25) is 5.91 Å². The van der Waals surface area contributed by atoms with Gasteiger partial charge in [-0.25, -0.2) is 0 Å². The fraction of sp³-hybridized carbons (Fsp3) is 0.222. The Morgan fingerprint density at radius 2 is 1.65 bits per heavy atom. The lowest BCUT2D eigenvalue weighted by Gasteiger charge is -2.19. The second-order valence-corrected chi connectivity index (χ2v) is 7.58. The van der Waals surface area contributed by atoms with Crippen molar-refractivity contribution in [2.24, 2.45) is 5.41 Å². The molecule has 0 radical (unpaired) electrons. The van der Waals surface area contributed by atoms with E-state index in [1.165, 1.54) is 0 Å². The molecule has 1 N–H and O–H groups in total. The number of ketones is 1. The summed E-state index contributed by atoms with van der Waals surface area (Å²) in [5, 5.41) is 3.40. The van der Waals surface area contributed by atoms with E-state index in [0.29, 0.717) is 21.8 Å². The summed E-state index contributed by atoms with van der Waals surface area (Å²) in [7, 11) is 0. The standard InChI is InChI=1S/C18H17BrClNO2/c1-18(2,3)17(23)21-15-9-6-12(19)10-14(15)16(22)11-4-7-13(20)8-5-11/h4-10H,1-3H3,(H,21,23). The van der Waals surface area contributed by atoms with Gasteiger partial charge in [0.1, 0.15) is 0 Å². The third-order valence-corrected chi connectivity index (χ3v) is 4.01. The molecular formula is C18H17BrClNO2. The van der Waals surface area contributed by atoms with E-state index in [9.17, 15) is 9.59 Å². The third-order valence-electron chi connectivity index (χ3n) is 3.26. The smallest absolute Gasteiger partial charge is 0.229 e. The van der Waals surface area contributed by atoms with Crippen LogP contribution >= 0.6 is 27.5 Å². The quantitative estimate of drug-likeness (QED) is 0.716. The molecule has 0 spiro atoms. The predicted molar refractivity (Wildman–Crippen MR) is 97.1 cm³/mol. The van der Waals surface area contributed by atoms with Crippen LogP contribution in [0.2, 0.25) is 5.02 Å². The van der Waals surface area contributed by atoms with Crippen LogP contribution in [0.1, 0.15) is 36.7 Å². The lowest BCUT2D eigenvalue weighted by molar-refractivity contribution is -0.123. The summed E-state index contributed by atoms with van der Waals surface area (Å²) in [4.78, 5) is 25.0. The number of carbonyl (C=O) groups excluding carboxylic acids is 2. The van der Waals surface area contributed by atoms with Crippen molar-refractivity contribution in [1.82, 2.24) is 0 Å². The zero-order chi connectivity index (χ0) is 17.2. The molecule has 0 aromatic heterocycles.